The lowest BCUT2D eigenvalue weighted by molar-refractivity contribution is 0.0964. The number of furan rings is 1. The minimum atomic E-state index is -3.64. The highest BCUT2D eigenvalue weighted by atomic mass is 32.2. The van der Waals surface area contributed by atoms with Gasteiger partial charge in [0.1, 0.15) is 35.3 Å². The predicted molar refractivity (Wildman–Crippen MR) is 126 cm³/mol. The van der Waals surface area contributed by atoms with Crippen LogP contribution in [0.1, 0.15) is 16.2 Å². The molecule has 0 spiro atoms. The van der Waals surface area contributed by atoms with Crippen LogP contribution in [-0.4, -0.2) is 44.2 Å². The third-order valence-corrected chi connectivity index (χ3v) is 6.64. The standard InChI is InChI=1S/C23H23FN4O5S/c1-25-23(29)21-16-11-19(32-13-20-26-9-10-27(20)2)17(28(3)34(4,30)31)12-18(16)33-22(21)14-5-7-15(24)8-6-14/h5-12H,13H2,1-4H3,(H,25,29). The number of rotatable bonds is 7. The van der Waals surface area contributed by atoms with Crippen molar-refractivity contribution in [3.63, 3.8) is 0 Å². The van der Waals surface area contributed by atoms with Crippen molar-refractivity contribution in [1.29, 1.82) is 0 Å². The number of carbonyl (C=O) groups excluding carboxylic acids is 1. The van der Waals surface area contributed by atoms with Crippen molar-refractivity contribution in [2.45, 2.75) is 6.61 Å². The number of benzene rings is 2. The zero-order valence-electron chi connectivity index (χ0n) is 19.0. The highest BCUT2D eigenvalue weighted by Crippen LogP contribution is 2.41. The van der Waals surface area contributed by atoms with Crippen LogP contribution in [0, 0.1) is 5.82 Å². The summed E-state index contributed by atoms with van der Waals surface area (Å²) in [6.45, 7) is 0.0671. The number of aromatic nitrogens is 2. The van der Waals surface area contributed by atoms with E-state index >= 15 is 0 Å². The molecule has 9 nitrogen and oxygen atoms in total. The summed E-state index contributed by atoms with van der Waals surface area (Å²) >= 11 is 0. The van der Waals surface area contributed by atoms with Gasteiger partial charge in [0, 0.05) is 50.6 Å². The van der Waals surface area contributed by atoms with Crippen molar-refractivity contribution < 1.29 is 26.8 Å². The Morgan fingerprint density at radius 1 is 1.26 bits per heavy atom. The number of hydrogen-bond donors (Lipinski definition) is 1. The molecule has 11 heteroatoms. The molecule has 2 aromatic carbocycles. The average molecular weight is 487 g/mol. The number of anilines is 1. The highest BCUT2D eigenvalue weighted by molar-refractivity contribution is 7.92. The summed E-state index contributed by atoms with van der Waals surface area (Å²) in [5.74, 6) is 0.225. The Balaban J connectivity index is 1.93. The van der Waals surface area contributed by atoms with Gasteiger partial charge in [0.15, 0.2) is 0 Å². The lowest BCUT2D eigenvalue weighted by atomic mass is 10.0. The van der Waals surface area contributed by atoms with E-state index < -0.39 is 21.7 Å². The first-order chi connectivity index (χ1) is 16.1. The number of hydrogen-bond acceptors (Lipinski definition) is 6. The van der Waals surface area contributed by atoms with Gasteiger partial charge in [-0.25, -0.2) is 17.8 Å². The third-order valence-electron chi connectivity index (χ3n) is 5.44. The van der Waals surface area contributed by atoms with Gasteiger partial charge in [0.2, 0.25) is 10.0 Å². The van der Waals surface area contributed by atoms with Gasteiger partial charge in [-0.2, -0.15) is 0 Å². The van der Waals surface area contributed by atoms with Crippen molar-refractivity contribution in [3.05, 3.63) is 66.0 Å². The number of imidazole rings is 1. The van der Waals surface area contributed by atoms with E-state index in [-0.39, 0.29) is 35.0 Å². The van der Waals surface area contributed by atoms with E-state index in [1.165, 1.54) is 44.4 Å². The van der Waals surface area contributed by atoms with Gasteiger partial charge in [-0.05, 0) is 30.3 Å². The van der Waals surface area contributed by atoms with Gasteiger partial charge in [-0.1, -0.05) is 0 Å². The monoisotopic (exact) mass is 486 g/mol. The number of ether oxygens (including phenoxy) is 1. The summed E-state index contributed by atoms with van der Waals surface area (Å²) in [5.41, 5.74) is 1.21. The molecule has 1 N–H and O–H groups in total. The van der Waals surface area contributed by atoms with Crippen molar-refractivity contribution in [2.24, 2.45) is 7.05 Å². The highest BCUT2D eigenvalue weighted by Gasteiger charge is 2.26. The van der Waals surface area contributed by atoms with Gasteiger partial charge in [0.25, 0.3) is 5.91 Å². The number of nitrogens with zero attached hydrogens (tertiary/aromatic N) is 3. The molecule has 2 heterocycles. The lowest BCUT2D eigenvalue weighted by Crippen LogP contribution is -2.25. The predicted octanol–water partition coefficient (Wildman–Crippen LogP) is 3.31. The Morgan fingerprint density at radius 3 is 2.56 bits per heavy atom. The van der Waals surface area contributed by atoms with Crippen molar-refractivity contribution in [3.8, 4) is 17.1 Å². The quantitative estimate of drug-likeness (QED) is 0.430. The zero-order chi connectivity index (χ0) is 24.6. The minimum Gasteiger partial charge on any atom is -0.483 e. The number of carbonyl (C=O) groups is 1. The maximum absolute atomic E-state index is 13.5. The van der Waals surface area contributed by atoms with Gasteiger partial charge in [-0.15, -0.1) is 0 Å². The van der Waals surface area contributed by atoms with Crippen LogP contribution in [-0.2, 0) is 23.7 Å². The molecule has 34 heavy (non-hydrogen) atoms. The maximum Gasteiger partial charge on any atom is 0.255 e. The molecule has 0 saturated heterocycles. The minimum absolute atomic E-state index is 0.0671. The van der Waals surface area contributed by atoms with Gasteiger partial charge >= 0.3 is 0 Å². The second-order valence-electron chi connectivity index (χ2n) is 7.68. The fourth-order valence-corrected chi connectivity index (χ4v) is 3.99. The average Bonchev–Trinajstić information content (AvgIpc) is 3.38. The van der Waals surface area contributed by atoms with Crippen LogP contribution >= 0.6 is 0 Å². The Bertz CT molecular complexity index is 1480. The molecule has 0 bridgehead atoms. The number of amides is 1. The van der Waals surface area contributed by atoms with Crippen LogP contribution < -0.4 is 14.4 Å². The van der Waals surface area contributed by atoms with Gasteiger partial charge < -0.3 is 19.0 Å². The summed E-state index contributed by atoms with van der Waals surface area (Å²) in [6.07, 6.45) is 4.46. The molecular formula is C23H23FN4O5S. The SMILES string of the molecule is CNC(=O)c1c(-c2ccc(F)cc2)oc2cc(N(C)S(C)(=O)=O)c(OCc3nccn3C)cc12. The number of sulfonamides is 1. The topological polar surface area (TPSA) is 107 Å². The summed E-state index contributed by atoms with van der Waals surface area (Å²) in [6, 6.07) is 8.60. The molecule has 0 aliphatic heterocycles. The van der Waals surface area contributed by atoms with Crippen molar-refractivity contribution in [2.75, 3.05) is 24.7 Å². The van der Waals surface area contributed by atoms with Crippen LogP contribution in [0.5, 0.6) is 5.75 Å². The summed E-state index contributed by atoms with van der Waals surface area (Å²) in [5, 5.41) is 3.01. The fraction of sp³-hybridized carbons (Fsp3) is 0.217. The Morgan fingerprint density at radius 2 is 1.97 bits per heavy atom. The molecule has 0 aliphatic rings. The molecule has 0 unspecified atom stereocenters. The molecule has 1 amide bonds. The van der Waals surface area contributed by atoms with Crippen molar-refractivity contribution in [1.82, 2.24) is 14.9 Å². The van der Waals surface area contributed by atoms with E-state index in [4.69, 9.17) is 9.15 Å². The molecule has 0 aliphatic carbocycles. The second kappa shape index (κ2) is 8.82. The normalized spacial score (nSPS) is 11.6. The summed E-state index contributed by atoms with van der Waals surface area (Å²) in [4.78, 5) is 17.0. The van der Waals surface area contributed by atoms with E-state index in [0.29, 0.717) is 16.8 Å². The lowest BCUT2D eigenvalue weighted by Gasteiger charge is -2.20. The molecule has 178 valence electrons. The van der Waals surface area contributed by atoms with Crippen LogP contribution in [0.25, 0.3) is 22.3 Å². The van der Waals surface area contributed by atoms with E-state index in [0.717, 1.165) is 10.6 Å². The largest absolute Gasteiger partial charge is 0.483 e. The number of halogens is 1. The summed E-state index contributed by atoms with van der Waals surface area (Å²) < 4.78 is 52.9. The fourth-order valence-electron chi connectivity index (χ4n) is 3.49. The molecular weight excluding hydrogens is 463 g/mol. The first kappa shape index (κ1) is 23.3. The van der Waals surface area contributed by atoms with Crippen LogP contribution in [0.3, 0.4) is 0 Å². The smallest absolute Gasteiger partial charge is 0.255 e. The molecule has 4 aromatic rings. The van der Waals surface area contributed by atoms with Crippen LogP contribution in [0.4, 0.5) is 10.1 Å². The molecule has 0 atom stereocenters. The molecule has 2 aromatic heterocycles. The Kier molecular flexibility index (Phi) is 6.05. The van der Waals surface area contributed by atoms with Crippen LogP contribution in [0.2, 0.25) is 0 Å². The summed E-state index contributed by atoms with van der Waals surface area (Å²) in [7, 11) is 1.06. The second-order valence-corrected chi connectivity index (χ2v) is 9.70. The van der Waals surface area contributed by atoms with Gasteiger partial charge in [-0.3, -0.25) is 9.10 Å². The number of aryl methyl sites for hydroxylation is 1. The maximum atomic E-state index is 13.5. The van der Waals surface area contributed by atoms with Gasteiger partial charge in [0.05, 0.1) is 17.5 Å². The molecule has 0 saturated carbocycles. The number of fused-ring (bicyclic) bond motifs is 1. The molecule has 0 fully saturated rings. The Hall–Kier alpha value is -3.86. The Labute approximate surface area is 195 Å². The molecule has 0 radical (unpaired) electrons. The first-order valence-corrected chi connectivity index (χ1v) is 12.1. The first-order valence-electron chi connectivity index (χ1n) is 10.2. The van der Waals surface area contributed by atoms with E-state index in [9.17, 15) is 17.6 Å². The third kappa shape index (κ3) is 4.34. The van der Waals surface area contributed by atoms with E-state index in [1.807, 2.05) is 7.05 Å². The van der Waals surface area contributed by atoms with E-state index in [2.05, 4.69) is 10.3 Å². The van der Waals surface area contributed by atoms with Crippen LogP contribution in [0.15, 0.2) is 53.2 Å². The molecule has 4 rings (SSSR count). The number of nitrogens with one attached hydrogen (secondary N) is 1. The zero-order valence-corrected chi connectivity index (χ0v) is 19.8. The van der Waals surface area contributed by atoms with E-state index in [1.54, 1.807) is 23.0 Å². The van der Waals surface area contributed by atoms with Crippen molar-refractivity contribution >= 4 is 32.6 Å².